The molecule has 1 aliphatic rings. The van der Waals surface area contributed by atoms with Crippen LogP contribution in [-0.2, 0) is 0 Å². The molecule has 1 fully saturated rings. The average Bonchev–Trinajstić information content (AvgIpc) is 1.86. The Morgan fingerprint density at radius 1 is 1.09 bits per heavy atom. The average molecular weight is 162 g/mol. The summed E-state index contributed by atoms with van der Waals surface area (Å²) in [5.41, 5.74) is 0. The van der Waals surface area contributed by atoms with Gasteiger partial charge < -0.3 is 0 Å². The molecule has 0 aliphatic heterocycles. The van der Waals surface area contributed by atoms with E-state index in [-0.39, 0.29) is 5.92 Å². The lowest BCUT2D eigenvalue weighted by Crippen LogP contribution is -2.28. The molecule has 0 amide bonds. The van der Waals surface area contributed by atoms with E-state index in [0.29, 0.717) is 18.8 Å². The van der Waals surface area contributed by atoms with Crippen molar-refractivity contribution in [3.05, 3.63) is 0 Å². The van der Waals surface area contributed by atoms with E-state index in [4.69, 9.17) is 0 Å². The maximum Gasteiger partial charge on any atom is 0.248 e. The molecule has 0 aromatic heterocycles. The molecule has 11 heavy (non-hydrogen) atoms. The van der Waals surface area contributed by atoms with Gasteiger partial charge in [-0.3, -0.25) is 0 Å². The smallest absolute Gasteiger partial charge is 0.207 e. The minimum Gasteiger partial charge on any atom is -0.207 e. The predicted molar refractivity (Wildman–Crippen MR) is 41.7 cm³/mol. The van der Waals surface area contributed by atoms with Gasteiger partial charge in [-0.05, 0) is 25.7 Å². The first-order valence-corrected chi connectivity index (χ1v) is 4.38. The van der Waals surface area contributed by atoms with E-state index in [1.807, 2.05) is 0 Å². The molecule has 0 saturated heterocycles. The second kappa shape index (κ2) is 3.08. The lowest BCUT2D eigenvalue weighted by Gasteiger charge is -2.30. The van der Waals surface area contributed by atoms with Gasteiger partial charge in [0, 0.05) is 5.92 Å². The zero-order valence-corrected chi connectivity index (χ0v) is 7.24. The van der Waals surface area contributed by atoms with Crippen LogP contribution in [0.25, 0.3) is 0 Å². The summed E-state index contributed by atoms with van der Waals surface area (Å²) < 4.78 is 25.5. The fraction of sp³-hybridized carbons (Fsp3) is 1.00. The molecule has 1 aliphatic carbocycles. The summed E-state index contributed by atoms with van der Waals surface area (Å²) >= 11 is 0. The van der Waals surface area contributed by atoms with Crippen molar-refractivity contribution in [1.82, 2.24) is 0 Å². The monoisotopic (exact) mass is 162 g/mol. The lowest BCUT2D eigenvalue weighted by molar-refractivity contribution is -0.0569. The van der Waals surface area contributed by atoms with Crippen LogP contribution in [0.1, 0.15) is 39.5 Å². The van der Waals surface area contributed by atoms with E-state index >= 15 is 0 Å². The maximum atomic E-state index is 12.7. The molecule has 2 heteroatoms. The lowest BCUT2D eigenvalue weighted by atomic mass is 9.80. The molecule has 0 nitrogen and oxygen atoms in total. The normalized spacial score (nSPS) is 33.8. The van der Waals surface area contributed by atoms with E-state index in [2.05, 4.69) is 6.92 Å². The fourth-order valence-corrected chi connectivity index (χ4v) is 1.77. The summed E-state index contributed by atoms with van der Waals surface area (Å²) in [6.07, 6.45) is 3.39. The first kappa shape index (κ1) is 8.95. The van der Waals surface area contributed by atoms with Crippen molar-refractivity contribution >= 4 is 0 Å². The molecule has 66 valence electrons. The summed E-state index contributed by atoms with van der Waals surface area (Å²) in [5.74, 6) is -2.13. The Balaban J connectivity index is 2.39. The Bertz CT molecular complexity index is 118. The molecular formula is C9H16F2. The fourth-order valence-electron chi connectivity index (χ4n) is 1.77. The van der Waals surface area contributed by atoms with Crippen molar-refractivity contribution in [1.29, 1.82) is 0 Å². The van der Waals surface area contributed by atoms with Crippen LogP contribution in [0.4, 0.5) is 8.78 Å². The molecule has 0 atom stereocenters. The van der Waals surface area contributed by atoms with Gasteiger partial charge in [-0.1, -0.05) is 19.8 Å². The van der Waals surface area contributed by atoms with Gasteiger partial charge in [-0.15, -0.1) is 0 Å². The Hall–Kier alpha value is -0.140. The van der Waals surface area contributed by atoms with E-state index in [0.717, 1.165) is 19.8 Å². The molecule has 1 rings (SSSR count). The van der Waals surface area contributed by atoms with Gasteiger partial charge >= 0.3 is 0 Å². The first-order chi connectivity index (χ1) is 5.00. The number of rotatable bonds is 1. The minimum absolute atomic E-state index is 0.348. The van der Waals surface area contributed by atoms with Gasteiger partial charge in [0.2, 0.25) is 5.92 Å². The maximum absolute atomic E-state index is 12.7. The Morgan fingerprint density at radius 3 is 1.91 bits per heavy atom. The number of halogens is 2. The van der Waals surface area contributed by atoms with Gasteiger partial charge in [0.25, 0.3) is 0 Å². The molecule has 0 N–H and O–H groups in total. The summed E-state index contributed by atoms with van der Waals surface area (Å²) in [6.45, 7) is 3.19. The van der Waals surface area contributed by atoms with Gasteiger partial charge in [0.1, 0.15) is 0 Å². The second-order valence-electron chi connectivity index (χ2n) is 3.91. The number of alkyl halides is 2. The van der Waals surface area contributed by atoms with Crippen LogP contribution in [0.5, 0.6) is 0 Å². The van der Waals surface area contributed by atoms with Crippen LogP contribution in [0.3, 0.4) is 0 Å². The van der Waals surface area contributed by atoms with Gasteiger partial charge in [0.05, 0.1) is 0 Å². The molecule has 0 radical (unpaired) electrons. The molecule has 0 aromatic carbocycles. The number of hydrogen-bond donors (Lipinski definition) is 0. The molecular weight excluding hydrogens is 146 g/mol. The quantitative estimate of drug-likeness (QED) is 0.553. The van der Waals surface area contributed by atoms with Crippen LogP contribution < -0.4 is 0 Å². The summed E-state index contributed by atoms with van der Waals surface area (Å²) in [6, 6.07) is 0. The third-order valence-electron chi connectivity index (χ3n) is 2.73. The van der Waals surface area contributed by atoms with E-state index in [1.165, 1.54) is 0 Å². The zero-order chi connectivity index (χ0) is 8.48. The molecule has 0 bridgehead atoms. The molecule has 0 heterocycles. The number of hydrogen-bond acceptors (Lipinski definition) is 0. The molecule has 0 aromatic rings. The van der Waals surface area contributed by atoms with E-state index in [1.54, 1.807) is 0 Å². The summed E-state index contributed by atoms with van der Waals surface area (Å²) in [7, 11) is 0. The van der Waals surface area contributed by atoms with Crippen molar-refractivity contribution in [2.45, 2.75) is 45.5 Å². The van der Waals surface area contributed by atoms with Crippen LogP contribution >= 0.6 is 0 Å². The highest BCUT2D eigenvalue weighted by Gasteiger charge is 2.35. The minimum atomic E-state index is -2.44. The Kier molecular flexibility index (Phi) is 2.50. The van der Waals surface area contributed by atoms with Gasteiger partial charge in [-0.2, -0.15) is 0 Å². The zero-order valence-electron chi connectivity index (χ0n) is 7.24. The second-order valence-corrected chi connectivity index (χ2v) is 3.91. The Morgan fingerprint density at radius 2 is 1.55 bits per heavy atom. The Labute approximate surface area is 67.0 Å². The van der Waals surface area contributed by atoms with E-state index in [9.17, 15) is 8.78 Å². The standard InChI is InChI=1S/C9H16F2/c1-7-3-5-8(6-4-7)9(2,10)11/h7-8H,3-6H2,1-2H3. The topological polar surface area (TPSA) is 0 Å². The van der Waals surface area contributed by atoms with Crippen molar-refractivity contribution in [3.63, 3.8) is 0 Å². The highest BCUT2D eigenvalue weighted by atomic mass is 19.3. The first-order valence-electron chi connectivity index (χ1n) is 4.38. The van der Waals surface area contributed by atoms with Crippen molar-refractivity contribution in [3.8, 4) is 0 Å². The molecule has 1 saturated carbocycles. The van der Waals surface area contributed by atoms with Crippen LogP contribution in [-0.4, -0.2) is 5.92 Å². The van der Waals surface area contributed by atoms with Gasteiger partial charge in [-0.25, -0.2) is 8.78 Å². The summed E-state index contributed by atoms with van der Waals surface area (Å²) in [4.78, 5) is 0. The van der Waals surface area contributed by atoms with Crippen molar-refractivity contribution < 1.29 is 8.78 Å². The van der Waals surface area contributed by atoms with Crippen molar-refractivity contribution in [2.75, 3.05) is 0 Å². The van der Waals surface area contributed by atoms with Crippen LogP contribution in [0.15, 0.2) is 0 Å². The van der Waals surface area contributed by atoms with Crippen LogP contribution in [0, 0.1) is 11.8 Å². The summed E-state index contributed by atoms with van der Waals surface area (Å²) in [5, 5.41) is 0. The van der Waals surface area contributed by atoms with Crippen molar-refractivity contribution in [2.24, 2.45) is 11.8 Å². The molecule has 0 unspecified atom stereocenters. The predicted octanol–water partition coefficient (Wildman–Crippen LogP) is 3.47. The SMILES string of the molecule is CC1CCC(C(C)(F)F)CC1. The third-order valence-corrected chi connectivity index (χ3v) is 2.73. The van der Waals surface area contributed by atoms with E-state index < -0.39 is 5.92 Å². The highest BCUT2D eigenvalue weighted by molar-refractivity contribution is 4.78. The van der Waals surface area contributed by atoms with Gasteiger partial charge in [0.15, 0.2) is 0 Å². The third kappa shape index (κ3) is 2.42. The highest BCUT2D eigenvalue weighted by Crippen LogP contribution is 2.37. The van der Waals surface area contributed by atoms with Crippen LogP contribution in [0.2, 0.25) is 0 Å². The largest absolute Gasteiger partial charge is 0.248 e. The molecule has 0 spiro atoms.